The molecule has 0 spiro atoms. The van der Waals surface area contributed by atoms with E-state index in [1.807, 2.05) is 0 Å². The topological polar surface area (TPSA) is 102 Å². The van der Waals surface area contributed by atoms with Gasteiger partial charge in [0.25, 0.3) is 0 Å². The van der Waals surface area contributed by atoms with E-state index in [-0.39, 0.29) is 0 Å². The Morgan fingerprint density at radius 2 is 1.94 bits per heavy atom. The Morgan fingerprint density at radius 3 is 2.44 bits per heavy atom. The molecular weight excluding hydrogens is 248 g/mol. The second-order valence-corrected chi connectivity index (χ2v) is 3.53. The van der Waals surface area contributed by atoms with E-state index in [0.29, 0.717) is 12.1 Å². The summed E-state index contributed by atoms with van der Waals surface area (Å²) >= 11 is 0. The van der Waals surface area contributed by atoms with Gasteiger partial charge in [-0.25, -0.2) is 13.6 Å². The van der Waals surface area contributed by atoms with Crippen molar-refractivity contribution in [1.29, 1.82) is 5.26 Å². The smallest absolute Gasteiger partial charge is 0.338 e. The van der Waals surface area contributed by atoms with Crippen LogP contribution >= 0.6 is 0 Å². The quantitative estimate of drug-likeness (QED) is 0.746. The van der Waals surface area contributed by atoms with Crippen molar-refractivity contribution in [2.24, 2.45) is 0 Å². The van der Waals surface area contributed by atoms with E-state index in [1.165, 1.54) is 0 Å². The minimum absolute atomic E-state index is 0.412. The summed E-state index contributed by atoms with van der Waals surface area (Å²) in [5, 5.41) is 35.6. The number of aromatic carboxylic acids is 1. The van der Waals surface area contributed by atoms with Crippen LogP contribution in [0.1, 0.15) is 28.4 Å². The van der Waals surface area contributed by atoms with E-state index < -0.39 is 47.4 Å². The Bertz CT molecular complexity index is 513. The largest absolute Gasteiger partial charge is 0.478 e. The van der Waals surface area contributed by atoms with E-state index in [1.54, 1.807) is 6.07 Å². The lowest BCUT2D eigenvalue weighted by molar-refractivity contribution is 0.0193. The highest BCUT2D eigenvalue weighted by atomic mass is 19.1. The Morgan fingerprint density at radius 1 is 1.33 bits per heavy atom. The lowest BCUT2D eigenvalue weighted by Crippen LogP contribution is -2.19. The molecular formula is C11H9F2NO4. The first-order chi connectivity index (χ1) is 8.38. The fourth-order valence-corrected chi connectivity index (χ4v) is 1.37. The van der Waals surface area contributed by atoms with Crippen LogP contribution < -0.4 is 0 Å². The lowest BCUT2D eigenvalue weighted by Gasteiger charge is -2.16. The third-order valence-corrected chi connectivity index (χ3v) is 2.30. The molecule has 1 aromatic carbocycles. The van der Waals surface area contributed by atoms with Gasteiger partial charge in [-0.2, -0.15) is 5.26 Å². The predicted octanol–water partition coefficient (Wildman–Crippen LogP) is 0.971. The number of hydrogen-bond donors (Lipinski definition) is 3. The normalized spacial score (nSPS) is 13.7. The molecule has 3 N–H and O–H groups in total. The van der Waals surface area contributed by atoms with Crippen molar-refractivity contribution in [3.8, 4) is 6.07 Å². The van der Waals surface area contributed by atoms with Gasteiger partial charge in [0.05, 0.1) is 24.2 Å². The Labute approximate surface area is 101 Å². The summed E-state index contributed by atoms with van der Waals surface area (Å²) in [6, 6.07) is 2.46. The third-order valence-electron chi connectivity index (χ3n) is 2.30. The van der Waals surface area contributed by atoms with Crippen LogP contribution in [0.25, 0.3) is 0 Å². The van der Waals surface area contributed by atoms with E-state index in [9.17, 15) is 23.8 Å². The highest BCUT2D eigenvalue weighted by Crippen LogP contribution is 2.24. The summed E-state index contributed by atoms with van der Waals surface area (Å²) < 4.78 is 26.7. The maximum atomic E-state index is 13.5. The van der Waals surface area contributed by atoms with Gasteiger partial charge in [0.1, 0.15) is 17.7 Å². The Balaban J connectivity index is 3.16. The fraction of sp³-hybridized carbons (Fsp3) is 0.273. The van der Waals surface area contributed by atoms with Crippen molar-refractivity contribution in [3.63, 3.8) is 0 Å². The zero-order valence-corrected chi connectivity index (χ0v) is 8.97. The molecule has 2 atom stereocenters. The second-order valence-electron chi connectivity index (χ2n) is 3.53. The van der Waals surface area contributed by atoms with E-state index in [0.717, 1.165) is 0 Å². The van der Waals surface area contributed by atoms with Crippen LogP contribution in [0, 0.1) is 23.0 Å². The van der Waals surface area contributed by atoms with Gasteiger partial charge in [0.15, 0.2) is 0 Å². The number of aliphatic hydroxyl groups is 2. The molecule has 1 aromatic rings. The number of carbonyl (C=O) groups is 1. The molecule has 0 saturated carbocycles. The number of carboxylic acids is 1. The van der Waals surface area contributed by atoms with Gasteiger partial charge >= 0.3 is 5.97 Å². The summed E-state index contributed by atoms with van der Waals surface area (Å²) in [7, 11) is 0. The van der Waals surface area contributed by atoms with Crippen molar-refractivity contribution in [1.82, 2.24) is 0 Å². The van der Waals surface area contributed by atoms with Crippen molar-refractivity contribution in [2.75, 3.05) is 0 Å². The lowest BCUT2D eigenvalue weighted by atomic mass is 10.00. The molecule has 0 radical (unpaired) electrons. The number of aliphatic hydroxyl groups excluding tert-OH is 2. The SMILES string of the molecule is N#CCC(O)C(O)c1cc(F)c(C(=O)O)cc1F. The summed E-state index contributed by atoms with van der Waals surface area (Å²) in [5.41, 5.74) is -1.47. The van der Waals surface area contributed by atoms with E-state index in [4.69, 9.17) is 10.4 Å². The van der Waals surface area contributed by atoms with Gasteiger partial charge in [-0.15, -0.1) is 0 Å². The highest BCUT2D eigenvalue weighted by molar-refractivity contribution is 5.88. The minimum Gasteiger partial charge on any atom is -0.478 e. The highest BCUT2D eigenvalue weighted by Gasteiger charge is 2.24. The Kier molecular flexibility index (Phi) is 4.31. The maximum absolute atomic E-state index is 13.5. The molecule has 1 rings (SSSR count). The second kappa shape index (κ2) is 5.53. The first-order valence-corrected chi connectivity index (χ1v) is 4.83. The molecule has 0 aliphatic heterocycles. The van der Waals surface area contributed by atoms with Gasteiger partial charge in [-0.05, 0) is 12.1 Å². The maximum Gasteiger partial charge on any atom is 0.338 e. The predicted molar refractivity (Wildman–Crippen MR) is 54.5 cm³/mol. The molecule has 5 nitrogen and oxygen atoms in total. The molecule has 0 saturated heterocycles. The minimum atomic E-state index is -1.80. The molecule has 2 unspecified atom stereocenters. The fourth-order valence-electron chi connectivity index (χ4n) is 1.37. The van der Waals surface area contributed by atoms with Gasteiger partial charge in [-0.1, -0.05) is 0 Å². The summed E-state index contributed by atoms with van der Waals surface area (Å²) in [4.78, 5) is 10.5. The number of rotatable bonds is 4. The number of hydrogen-bond acceptors (Lipinski definition) is 4. The molecule has 0 aromatic heterocycles. The molecule has 7 heteroatoms. The van der Waals surface area contributed by atoms with Gasteiger partial charge in [0, 0.05) is 5.56 Å². The molecule has 0 heterocycles. The molecule has 0 fully saturated rings. The van der Waals surface area contributed by atoms with Crippen LogP contribution in [0.3, 0.4) is 0 Å². The summed E-state index contributed by atoms with van der Waals surface area (Å²) in [6.45, 7) is 0. The van der Waals surface area contributed by atoms with Crippen molar-refractivity contribution in [3.05, 3.63) is 34.9 Å². The van der Waals surface area contributed by atoms with Crippen LogP contribution in [0.5, 0.6) is 0 Å². The number of carboxylic acid groups (broad SMARTS) is 1. The zero-order valence-electron chi connectivity index (χ0n) is 8.97. The van der Waals surface area contributed by atoms with Gasteiger partial charge in [0.2, 0.25) is 0 Å². The van der Waals surface area contributed by atoms with Gasteiger partial charge in [-0.3, -0.25) is 0 Å². The summed E-state index contributed by atoms with van der Waals surface area (Å²) in [5.74, 6) is -4.05. The Hall–Kier alpha value is -2.04. The molecule has 0 aliphatic carbocycles. The number of nitriles is 1. The first-order valence-electron chi connectivity index (χ1n) is 4.83. The molecule has 0 bridgehead atoms. The van der Waals surface area contributed by atoms with E-state index in [2.05, 4.69) is 0 Å². The average Bonchev–Trinajstić information content (AvgIpc) is 2.30. The number of halogens is 2. The standard InChI is InChI=1S/C11H9F2NO4/c12-7-4-6(11(17)18)8(13)3-5(7)10(16)9(15)1-2-14/h3-4,9-10,15-16H,1H2,(H,17,18). The number of benzene rings is 1. The van der Waals surface area contributed by atoms with Crippen LogP contribution in [0.2, 0.25) is 0 Å². The summed E-state index contributed by atoms with van der Waals surface area (Å²) in [6.07, 6.45) is -3.86. The van der Waals surface area contributed by atoms with Gasteiger partial charge < -0.3 is 15.3 Å². The molecule has 18 heavy (non-hydrogen) atoms. The van der Waals surface area contributed by atoms with Crippen molar-refractivity contribution >= 4 is 5.97 Å². The van der Waals surface area contributed by atoms with Crippen molar-refractivity contribution < 1.29 is 28.9 Å². The van der Waals surface area contributed by atoms with Crippen LogP contribution in [-0.2, 0) is 0 Å². The van der Waals surface area contributed by atoms with Crippen LogP contribution in [0.15, 0.2) is 12.1 Å². The first kappa shape index (κ1) is 14.0. The molecule has 96 valence electrons. The molecule has 0 amide bonds. The zero-order chi connectivity index (χ0) is 13.9. The monoisotopic (exact) mass is 257 g/mol. The van der Waals surface area contributed by atoms with Crippen LogP contribution in [0.4, 0.5) is 8.78 Å². The average molecular weight is 257 g/mol. The molecule has 0 aliphatic rings. The van der Waals surface area contributed by atoms with Crippen molar-refractivity contribution in [2.45, 2.75) is 18.6 Å². The van der Waals surface area contributed by atoms with Crippen LogP contribution in [-0.4, -0.2) is 27.4 Å². The van der Waals surface area contributed by atoms with E-state index >= 15 is 0 Å². The third kappa shape index (κ3) is 2.80. The number of nitrogens with zero attached hydrogens (tertiary/aromatic N) is 1.